The van der Waals surface area contributed by atoms with Gasteiger partial charge in [-0.05, 0) is 19.1 Å². The van der Waals surface area contributed by atoms with Crippen molar-refractivity contribution in [3.05, 3.63) is 23.8 Å². The number of carbonyl (C=O) groups excluding carboxylic acids is 1. The highest BCUT2D eigenvalue weighted by Crippen LogP contribution is 2.26. The highest BCUT2D eigenvalue weighted by molar-refractivity contribution is 5.87. The molecule has 0 fully saturated rings. The first-order chi connectivity index (χ1) is 9.58. The van der Waals surface area contributed by atoms with Gasteiger partial charge in [0.1, 0.15) is 18.1 Å². The second-order valence-electron chi connectivity index (χ2n) is 4.03. The monoisotopic (exact) mass is 281 g/mol. The van der Waals surface area contributed by atoms with Crippen LogP contribution in [0.2, 0.25) is 0 Å². The Bertz CT molecular complexity index is 450. The van der Waals surface area contributed by atoms with Gasteiger partial charge < -0.3 is 19.0 Å². The van der Waals surface area contributed by atoms with Crippen molar-refractivity contribution < 1.29 is 23.8 Å². The molecule has 0 aliphatic rings. The van der Waals surface area contributed by atoms with Gasteiger partial charge in [0.05, 0.1) is 26.0 Å². The molecule has 110 valence electrons. The largest absolute Gasteiger partial charge is 0.496 e. The van der Waals surface area contributed by atoms with Crippen LogP contribution >= 0.6 is 0 Å². The number of carbonyl (C=O) groups is 1. The van der Waals surface area contributed by atoms with Crippen molar-refractivity contribution in [2.45, 2.75) is 20.0 Å². The number of hydrogen-bond acceptors (Lipinski definition) is 6. The molecule has 1 atom stereocenters. The molecule has 0 saturated heterocycles. The van der Waals surface area contributed by atoms with Crippen LogP contribution in [0.3, 0.4) is 0 Å². The summed E-state index contributed by atoms with van der Waals surface area (Å²) in [6.07, 6.45) is 1.16. The molecule has 0 saturated carbocycles. The van der Waals surface area contributed by atoms with Crippen molar-refractivity contribution in [3.8, 4) is 11.5 Å². The quantitative estimate of drug-likeness (QED) is 0.434. The summed E-state index contributed by atoms with van der Waals surface area (Å²) < 4.78 is 15.3. The first-order valence-electron chi connectivity index (χ1n) is 6.12. The number of oxime groups is 1. The van der Waals surface area contributed by atoms with Crippen LogP contribution in [0.4, 0.5) is 0 Å². The third kappa shape index (κ3) is 4.79. The van der Waals surface area contributed by atoms with E-state index in [1.165, 1.54) is 13.1 Å². The summed E-state index contributed by atoms with van der Waals surface area (Å²) in [5.74, 6) is 0.907. The SMILES string of the molecule is COc1cccc(OC)c1/C=N/O[C@@H](C)COC(C)=O. The number of methoxy groups -OCH3 is 2. The fraction of sp³-hybridized carbons (Fsp3) is 0.429. The van der Waals surface area contributed by atoms with Crippen LogP contribution in [-0.2, 0) is 14.4 Å². The second kappa shape index (κ2) is 8.04. The van der Waals surface area contributed by atoms with E-state index < -0.39 is 0 Å². The Morgan fingerprint density at radius 1 is 1.30 bits per heavy atom. The molecule has 0 N–H and O–H groups in total. The number of benzene rings is 1. The zero-order valence-electron chi connectivity index (χ0n) is 12.1. The van der Waals surface area contributed by atoms with Crippen molar-refractivity contribution in [2.75, 3.05) is 20.8 Å². The first-order valence-corrected chi connectivity index (χ1v) is 6.12. The molecule has 6 nitrogen and oxygen atoms in total. The van der Waals surface area contributed by atoms with E-state index in [9.17, 15) is 4.79 Å². The van der Waals surface area contributed by atoms with Crippen LogP contribution in [0, 0.1) is 0 Å². The van der Waals surface area contributed by atoms with Gasteiger partial charge in [-0.1, -0.05) is 11.2 Å². The van der Waals surface area contributed by atoms with E-state index in [2.05, 4.69) is 5.16 Å². The Hall–Kier alpha value is -2.24. The maximum atomic E-state index is 10.7. The minimum atomic E-state index is -0.351. The molecular weight excluding hydrogens is 262 g/mol. The highest BCUT2D eigenvalue weighted by Gasteiger charge is 2.08. The van der Waals surface area contributed by atoms with Gasteiger partial charge in [-0.15, -0.1) is 0 Å². The highest BCUT2D eigenvalue weighted by atomic mass is 16.7. The second-order valence-corrected chi connectivity index (χ2v) is 4.03. The van der Waals surface area contributed by atoms with Gasteiger partial charge in [0.15, 0.2) is 6.10 Å². The number of hydrogen-bond donors (Lipinski definition) is 0. The van der Waals surface area contributed by atoms with E-state index in [1.54, 1.807) is 33.3 Å². The smallest absolute Gasteiger partial charge is 0.302 e. The number of esters is 1. The fourth-order valence-corrected chi connectivity index (χ4v) is 1.46. The van der Waals surface area contributed by atoms with Gasteiger partial charge in [0.2, 0.25) is 0 Å². The van der Waals surface area contributed by atoms with Gasteiger partial charge in [0, 0.05) is 6.92 Å². The van der Waals surface area contributed by atoms with Gasteiger partial charge in [0.25, 0.3) is 0 Å². The molecule has 0 heterocycles. The van der Waals surface area contributed by atoms with Crippen molar-refractivity contribution >= 4 is 12.2 Å². The van der Waals surface area contributed by atoms with Crippen LogP contribution in [0.25, 0.3) is 0 Å². The van der Waals surface area contributed by atoms with Crippen molar-refractivity contribution in [1.82, 2.24) is 0 Å². The maximum absolute atomic E-state index is 10.7. The van der Waals surface area contributed by atoms with Gasteiger partial charge in [-0.25, -0.2) is 0 Å². The third-order valence-corrected chi connectivity index (χ3v) is 2.41. The predicted octanol–water partition coefficient (Wildman–Crippen LogP) is 2.01. The fourth-order valence-electron chi connectivity index (χ4n) is 1.46. The Balaban J connectivity index is 2.67. The zero-order valence-corrected chi connectivity index (χ0v) is 12.1. The zero-order chi connectivity index (χ0) is 15.0. The lowest BCUT2D eigenvalue weighted by Gasteiger charge is -2.11. The molecule has 0 unspecified atom stereocenters. The minimum Gasteiger partial charge on any atom is -0.496 e. The third-order valence-electron chi connectivity index (χ3n) is 2.41. The van der Waals surface area contributed by atoms with E-state index in [0.29, 0.717) is 17.1 Å². The molecule has 0 bridgehead atoms. The molecule has 6 heteroatoms. The summed E-state index contributed by atoms with van der Waals surface area (Å²) in [5.41, 5.74) is 0.678. The van der Waals surface area contributed by atoms with Gasteiger partial charge in [-0.2, -0.15) is 0 Å². The summed E-state index contributed by atoms with van der Waals surface area (Å²) >= 11 is 0. The Kier molecular flexibility index (Phi) is 6.36. The average Bonchev–Trinajstić information content (AvgIpc) is 2.45. The van der Waals surface area contributed by atoms with Crippen molar-refractivity contribution in [3.63, 3.8) is 0 Å². The minimum absolute atomic E-state index is 0.149. The standard InChI is InChI=1S/C14H19NO5/c1-10(9-19-11(2)16)20-15-8-12-13(17-3)6-5-7-14(12)18-4/h5-8,10H,9H2,1-4H3/b15-8+/t10-/m0/s1. The molecule has 0 aliphatic carbocycles. The van der Waals surface area contributed by atoms with E-state index in [-0.39, 0.29) is 18.7 Å². The van der Waals surface area contributed by atoms with Crippen LogP contribution in [-0.4, -0.2) is 39.1 Å². The molecule has 1 rings (SSSR count). The predicted molar refractivity (Wildman–Crippen MR) is 74.3 cm³/mol. The Morgan fingerprint density at radius 2 is 1.90 bits per heavy atom. The van der Waals surface area contributed by atoms with E-state index >= 15 is 0 Å². The average molecular weight is 281 g/mol. The van der Waals surface area contributed by atoms with E-state index in [0.717, 1.165) is 0 Å². The summed E-state index contributed by atoms with van der Waals surface area (Å²) in [6.45, 7) is 3.24. The lowest BCUT2D eigenvalue weighted by atomic mass is 10.2. The van der Waals surface area contributed by atoms with Crippen LogP contribution < -0.4 is 9.47 Å². The maximum Gasteiger partial charge on any atom is 0.302 e. The normalized spacial score (nSPS) is 12.0. The van der Waals surface area contributed by atoms with Crippen LogP contribution in [0.5, 0.6) is 11.5 Å². The van der Waals surface area contributed by atoms with E-state index in [1.807, 2.05) is 6.07 Å². The van der Waals surface area contributed by atoms with Crippen molar-refractivity contribution in [2.24, 2.45) is 5.16 Å². The number of ether oxygens (including phenoxy) is 3. The molecule has 0 aliphatic heterocycles. The molecule has 0 amide bonds. The summed E-state index contributed by atoms with van der Waals surface area (Å²) in [7, 11) is 3.13. The number of nitrogens with zero attached hydrogens (tertiary/aromatic N) is 1. The molecule has 20 heavy (non-hydrogen) atoms. The Morgan fingerprint density at radius 3 is 2.40 bits per heavy atom. The molecule has 0 spiro atoms. The first kappa shape index (κ1) is 15.8. The molecule has 1 aromatic rings. The summed E-state index contributed by atoms with van der Waals surface area (Å²) in [5, 5.41) is 3.86. The molecule has 1 aromatic carbocycles. The van der Waals surface area contributed by atoms with Gasteiger partial charge >= 0.3 is 5.97 Å². The van der Waals surface area contributed by atoms with Crippen LogP contribution in [0.15, 0.2) is 23.4 Å². The summed E-state index contributed by atoms with van der Waals surface area (Å²) in [4.78, 5) is 15.8. The lowest BCUT2D eigenvalue weighted by Crippen LogP contribution is -2.15. The lowest BCUT2D eigenvalue weighted by molar-refractivity contribution is -0.144. The molecule has 0 aromatic heterocycles. The molecule has 0 radical (unpaired) electrons. The topological polar surface area (TPSA) is 66.3 Å². The Labute approximate surface area is 118 Å². The summed E-state index contributed by atoms with van der Waals surface area (Å²) in [6, 6.07) is 5.41. The van der Waals surface area contributed by atoms with Crippen LogP contribution in [0.1, 0.15) is 19.4 Å². The number of rotatable bonds is 7. The van der Waals surface area contributed by atoms with Gasteiger partial charge in [-0.3, -0.25) is 4.79 Å². The van der Waals surface area contributed by atoms with E-state index in [4.69, 9.17) is 19.0 Å². The molecular formula is C14H19NO5. The van der Waals surface area contributed by atoms with Crippen molar-refractivity contribution in [1.29, 1.82) is 0 Å².